The van der Waals surface area contributed by atoms with Crippen LogP contribution in [0.2, 0.25) is 0 Å². The fraction of sp³-hybridized carbons (Fsp3) is 0.500. The van der Waals surface area contributed by atoms with Gasteiger partial charge in [-0.2, -0.15) is 6.42 Å². The Balaban J connectivity index is -0.000000249. The van der Waals surface area contributed by atoms with E-state index in [1.807, 2.05) is 0 Å². The molecule has 0 heterocycles. The van der Waals surface area contributed by atoms with Crippen molar-refractivity contribution < 1.29 is 24.2 Å². The second kappa shape index (κ2) is 13.1. The maximum atomic E-state index is 10.2. The van der Waals surface area contributed by atoms with Crippen LogP contribution >= 0.6 is 0 Å². The van der Waals surface area contributed by atoms with E-state index in [1.165, 1.54) is 14.2 Å². The van der Waals surface area contributed by atoms with Gasteiger partial charge in [0.05, 0.1) is 14.2 Å². The minimum atomic E-state index is -0.707. The Morgan fingerprint density at radius 2 is 1.33 bits per heavy atom. The Morgan fingerprint density at radius 1 is 1.08 bits per heavy atom. The molecule has 0 radical (unpaired) electrons. The molecular weight excluding hydrogens is 176 g/mol. The third-order valence-corrected chi connectivity index (χ3v) is 0.638. The fourth-order valence-electron chi connectivity index (χ4n) is 0.214. The number of carbonyl (C=O) groups is 2. The summed E-state index contributed by atoms with van der Waals surface area (Å²) < 4.78 is 8.25. The number of methoxy groups -OCH3 is 2. The van der Waals surface area contributed by atoms with Crippen LogP contribution in [0.1, 0.15) is 0 Å². The van der Waals surface area contributed by atoms with E-state index in [9.17, 15) is 9.59 Å². The normalized spacial score (nSPS) is 6.33. The average Bonchev–Trinajstić information content (AvgIpc) is 2.07. The summed E-state index contributed by atoms with van der Waals surface area (Å²) in [6.07, 6.45) is 0.722. The van der Waals surface area contributed by atoms with E-state index in [2.05, 4.69) is 9.47 Å². The minimum Gasteiger partial charge on any atom is -0.491 e. The molecule has 0 aliphatic rings. The van der Waals surface area contributed by atoms with Crippen LogP contribution in [0.3, 0.4) is 0 Å². The van der Waals surface area contributed by atoms with E-state index in [-0.39, 0.29) is 23.1 Å². The Labute approximate surface area is 87.2 Å². The van der Waals surface area contributed by atoms with Gasteiger partial charge in [-0.25, -0.2) is 0 Å². The first-order valence-electron chi connectivity index (χ1n) is 2.66. The van der Waals surface area contributed by atoms with Gasteiger partial charge in [-0.15, -0.1) is 0 Å². The third kappa shape index (κ3) is 12.2. The van der Waals surface area contributed by atoms with Gasteiger partial charge in [0.1, 0.15) is 0 Å². The predicted octanol–water partition coefficient (Wildman–Crippen LogP) is -1.24. The van der Waals surface area contributed by atoms with Crippen molar-refractivity contribution in [3.8, 4) is 0 Å². The zero-order chi connectivity index (χ0) is 9.28. The zero-order valence-electron chi connectivity index (χ0n) is 7.36. The number of rotatable bonds is 2. The standard InChI is InChI=1S/C5H7O4.CH4O.Mg/c1-8-4(6)3-5(7)9-2;1-2;/h3H,1-2H3;2H,1H3;/q-1;;+2. The number of esters is 2. The third-order valence-electron chi connectivity index (χ3n) is 0.638. The van der Waals surface area contributed by atoms with Gasteiger partial charge in [-0.1, -0.05) is 0 Å². The molecule has 0 aromatic carbocycles. The second-order valence-corrected chi connectivity index (χ2v) is 1.19. The first-order chi connectivity index (χ1) is 5.20. The Bertz CT molecular complexity index is 111. The summed E-state index contributed by atoms with van der Waals surface area (Å²) in [5, 5.41) is 7.00. The topological polar surface area (TPSA) is 72.8 Å². The molecule has 0 spiro atoms. The molecule has 0 amide bonds. The van der Waals surface area contributed by atoms with Gasteiger partial charge in [0, 0.05) is 7.11 Å². The predicted molar refractivity (Wildman–Crippen MR) is 42.2 cm³/mol. The quantitative estimate of drug-likeness (QED) is 0.253. The molecule has 0 saturated carbocycles. The van der Waals surface area contributed by atoms with Crippen molar-refractivity contribution in [2.75, 3.05) is 21.3 Å². The Hall–Kier alpha value is -0.464. The molecule has 0 rings (SSSR count). The fourth-order valence-corrected chi connectivity index (χ4v) is 0.214. The Kier molecular flexibility index (Phi) is 19.3. The van der Waals surface area contributed by atoms with Crippen LogP contribution in [0.5, 0.6) is 0 Å². The Morgan fingerprint density at radius 3 is 1.50 bits per heavy atom. The van der Waals surface area contributed by atoms with E-state index in [0.717, 1.165) is 13.5 Å². The number of hydrogen-bond acceptors (Lipinski definition) is 5. The molecular formula is C6H11MgO5+. The summed E-state index contributed by atoms with van der Waals surface area (Å²) in [6, 6.07) is 0. The molecule has 5 nitrogen and oxygen atoms in total. The molecule has 0 aliphatic heterocycles. The van der Waals surface area contributed by atoms with Crippen LogP contribution < -0.4 is 0 Å². The first kappa shape index (κ1) is 17.6. The van der Waals surface area contributed by atoms with Crippen molar-refractivity contribution in [3.63, 3.8) is 0 Å². The average molecular weight is 187 g/mol. The number of ether oxygens (including phenoxy) is 2. The summed E-state index contributed by atoms with van der Waals surface area (Å²) in [4.78, 5) is 20.4. The molecule has 0 unspecified atom stereocenters. The summed E-state index contributed by atoms with van der Waals surface area (Å²) in [5.41, 5.74) is 0. The largest absolute Gasteiger partial charge is 2.00 e. The summed E-state index contributed by atoms with van der Waals surface area (Å²) in [7, 11) is 3.36. The van der Waals surface area contributed by atoms with Gasteiger partial charge in [-0.05, 0) is 0 Å². The number of hydrogen-bond donors (Lipinski definition) is 1. The molecule has 6 heteroatoms. The molecule has 0 saturated heterocycles. The van der Waals surface area contributed by atoms with Crippen molar-refractivity contribution >= 4 is 35.0 Å². The van der Waals surface area contributed by atoms with E-state index in [4.69, 9.17) is 5.11 Å². The second-order valence-electron chi connectivity index (χ2n) is 1.19. The molecule has 0 aromatic heterocycles. The SMILES string of the molecule is CO.COC(=O)[CH-]C(=O)OC.[Mg+2]. The maximum Gasteiger partial charge on any atom is 2.00 e. The van der Waals surface area contributed by atoms with Gasteiger partial charge in [0.2, 0.25) is 0 Å². The van der Waals surface area contributed by atoms with Crippen LogP contribution in [0.4, 0.5) is 0 Å². The van der Waals surface area contributed by atoms with Gasteiger partial charge in [-0.3, -0.25) is 9.59 Å². The van der Waals surface area contributed by atoms with E-state index >= 15 is 0 Å². The summed E-state index contributed by atoms with van der Waals surface area (Å²) in [5.74, 6) is -1.41. The van der Waals surface area contributed by atoms with E-state index in [0.29, 0.717) is 0 Å². The van der Waals surface area contributed by atoms with E-state index in [1.54, 1.807) is 0 Å². The van der Waals surface area contributed by atoms with E-state index < -0.39 is 11.9 Å². The molecule has 0 aliphatic carbocycles. The maximum absolute atomic E-state index is 10.2. The van der Waals surface area contributed by atoms with Crippen LogP contribution in [0.25, 0.3) is 0 Å². The number of aliphatic hydroxyl groups is 1. The molecule has 0 atom stereocenters. The van der Waals surface area contributed by atoms with Crippen molar-refractivity contribution in [1.82, 2.24) is 0 Å². The number of aliphatic hydroxyl groups excluding tert-OH is 1. The van der Waals surface area contributed by atoms with Gasteiger partial charge in [0.15, 0.2) is 11.9 Å². The summed E-state index contributed by atoms with van der Waals surface area (Å²) >= 11 is 0. The van der Waals surface area contributed by atoms with Crippen molar-refractivity contribution in [2.45, 2.75) is 0 Å². The van der Waals surface area contributed by atoms with Gasteiger partial charge >= 0.3 is 23.1 Å². The molecule has 0 aromatic rings. The van der Waals surface area contributed by atoms with Crippen LogP contribution in [-0.4, -0.2) is 61.4 Å². The zero-order valence-corrected chi connectivity index (χ0v) is 8.78. The van der Waals surface area contributed by atoms with Crippen molar-refractivity contribution in [2.24, 2.45) is 0 Å². The van der Waals surface area contributed by atoms with Crippen molar-refractivity contribution in [3.05, 3.63) is 6.42 Å². The molecule has 1 N–H and O–H groups in total. The molecule has 0 fully saturated rings. The number of carbonyl (C=O) groups excluding carboxylic acids is 2. The minimum absolute atomic E-state index is 0. The monoisotopic (exact) mass is 187 g/mol. The van der Waals surface area contributed by atoms with Crippen LogP contribution in [0, 0.1) is 6.42 Å². The summed E-state index contributed by atoms with van der Waals surface area (Å²) in [6.45, 7) is 0. The molecule has 12 heavy (non-hydrogen) atoms. The van der Waals surface area contributed by atoms with Gasteiger partial charge in [0.25, 0.3) is 0 Å². The van der Waals surface area contributed by atoms with Crippen LogP contribution in [0.15, 0.2) is 0 Å². The van der Waals surface area contributed by atoms with Gasteiger partial charge < -0.3 is 14.6 Å². The molecule has 66 valence electrons. The van der Waals surface area contributed by atoms with Crippen molar-refractivity contribution in [1.29, 1.82) is 0 Å². The smallest absolute Gasteiger partial charge is 0.491 e. The van der Waals surface area contributed by atoms with Crippen LogP contribution in [-0.2, 0) is 19.1 Å². The molecule has 0 bridgehead atoms. The first-order valence-corrected chi connectivity index (χ1v) is 2.66.